The Balaban J connectivity index is 2.01. The van der Waals surface area contributed by atoms with Crippen molar-refractivity contribution in [3.05, 3.63) is 53.6 Å². The van der Waals surface area contributed by atoms with Crippen molar-refractivity contribution in [2.45, 2.75) is 13.5 Å². The van der Waals surface area contributed by atoms with Crippen LogP contribution in [-0.4, -0.2) is 23.0 Å². The first kappa shape index (κ1) is 13.0. The van der Waals surface area contributed by atoms with E-state index in [2.05, 4.69) is 14.7 Å². The smallest absolute Gasteiger partial charge is 0.339 e. The zero-order chi connectivity index (χ0) is 13.7. The van der Waals surface area contributed by atoms with Gasteiger partial charge in [-0.15, -0.1) is 0 Å². The lowest BCUT2D eigenvalue weighted by atomic mass is 10.2. The number of esters is 1. The van der Waals surface area contributed by atoms with Gasteiger partial charge < -0.3 is 9.47 Å². The second-order valence-electron chi connectivity index (χ2n) is 3.91. The summed E-state index contributed by atoms with van der Waals surface area (Å²) in [6.45, 7) is 2.21. The number of rotatable bonds is 4. The molecule has 5 heteroatoms. The molecule has 0 aliphatic carbocycles. The van der Waals surface area contributed by atoms with Crippen LogP contribution in [0.15, 0.2) is 36.7 Å². The van der Waals surface area contributed by atoms with E-state index >= 15 is 0 Å². The Kier molecular flexibility index (Phi) is 4.07. The predicted octanol–water partition coefficient (Wildman–Crippen LogP) is 2.15. The van der Waals surface area contributed by atoms with Gasteiger partial charge in [0.2, 0.25) is 0 Å². The lowest BCUT2D eigenvalue weighted by Gasteiger charge is -2.07. The number of nitrogens with zero attached hydrogens (tertiary/aromatic N) is 2. The molecule has 2 aromatic heterocycles. The van der Waals surface area contributed by atoms with Crippen molar-refractivity contribution in [3.63, 3.8) is 0 Å². The second-order valence-corrected chi connectivity index (χ2v) is 3.91. The number of hydrogen-bond acceptors (Lipinski definition) is 5. The minimum absolute atomic E-state index is 0.327. The molecule has 0 atom stereocenters. The number of pyridine rings is 2. The van der Waals surface area contributed by atoms with Gasteiger partial charge in [0, 0.05) is 12.4 Å². The molecule has 0 amide bonds. The summed E-state index contributed by atoms with van der Waals surface area (Å²) < 4.78 is 10.2. The van der Waals surface area contributed by atoms with E-state index in [1.165, 1.54) is 13.3 Å². The van der Waals surface area contributed by atoms with E-state index in [4.69, 9.17) is 4.74 Å². The summed E-state index contributed by atoms with van der Waals surface area (Å²) in [6.07, 6.45) is 3.19. The highest BCUT2D eigenvalue weighted by Gasteiger charge is 2.06. The summed E-state index contributed by atoms with van der Waals surface area (Å²) >= 11 is 0. The quantitative estimate of drug-likeness (QED) is 0.786. The molecule has 0 bridgehead atoms. The minimum atomic E-state index is -0.400. The second kappa shape index (κ2) is 5.95. The van der Waals surface area contributed by atoms with Gasteiger partial charge in [0.25, 0.3) is 0 Å². The van der Waals surface area contributed by atoms with Crippen molar-refractivity contribution in [2.24, 2.45) is 0 Å². The molecule has 0 saturated carbocycles. The first-order valence-electron chi connectivity index (χ1n) is 5.78. The van der Waals surface area contributed by atoms with E-state index in [1.54, 1.807) is 18.3 Å². The number of carbonyl (C=O) groups is 1. The Labute approximate surface area is 111 Å². The highest BCUT2D eigenvalue weighted by molar-refractivity contribution is 5.88. The van der Waals surface area contributed by atoms with Gasteiger partial charge in [-0.05, 0) is 31.2 Å². The van der Waals surface area contributed by atoms with Crippen molar-refractivity contribution in [1.82, 2.24) is 9.97 Å². The average Bonchev–Trinajstić information content (AvgIpc) is 2.46. The molecule has 0 aliphatic heterocycles. The molecule has 98 valence electrons. The van der Waals surface area contributed by atoms with Crippen molar-refractivity contribution in [1.29, 1.82) is 0 Å². The topological polar surface area (TPSA) is 61.3 Å². The third-order valence-corrected chi connectivity index (χ3v) is 2.58. The van der Waals surface area contributed by atoms with Gasteiger partial charge in [-0.1, -0.05) is 0 Å². The Morgan fingerprint density at radius 2 is 2.11 bits per heavy atom. The number of aryl methyl sites for hydroxylation is 1. The summed E-state index contributed by atoms with van der Waals surface area (Å²) in [5.74, 6) is 0.324. The molecule has 0 radical (unpaired) electrons. The van der Waals surface area contributed by atoms with Crippen molar-refractivity contribution in [2.75, 3.05) is 7.11 Å². The van der Waals surface area contributed by atoms with E-state index in [9.17, 15) is 4.79 Å². The first-order valence-corrected chi connectivity index (χ1v) is 5.78. The maximum atomic E-state index is 11.2. The molecule has 0 spiro atoms. The maximum absolute atomic E-state index is 11.2. The molecule has 19 heavy (non-hydrogen) atoms. The molecular formula is C14H14N2O3. The van der Waals surface area contributed by atoms with Crippen LogP contribution in [0.1, 0.15) is 21.7 Å². The van der Waals surface area contributed by atoms with Gasteiger partial charge in [0.05, 0.1) is 24.1 Å². The van der Waals surface area contributed by atoms with Crippen LogP contribution in [0.2, 0.25) is 0 Å². The maximum Gasteiger partial charge on any atom is 0.339 e. The van der Waals surface area contributed by atoms with E-state index in [-0.39, 0.29) is 0 Å². The number of hydrogen-bond donors (Lipinski definition) is 0. The van der Waals surface area contributed by atoms with Gasteiger partial charge in [0.15, 0.2) is 0 Å². The van der Waals surface area contributed by atoms with Crippen LogP contribution in [0.5, 0.6) is 5.75 Å². The van der Waals surface area contributed by atoms with Gasteiger partial charge in [0.1, 0.15) is 12.4 Å². The van der Waals surface area contributed by atoms with E-state index < -0.39 is 5.97 Å². The highest BCUT2D eigenvalue weighted by atomic mass is 16.5. The molecule has 0 aromatic carbocycles. The molecule has 0 N–H and O–H groups in total. The Morgan fingerprint density at radius 3 is 2.74 bits per heavy atom. The monoisotopic (exact) mass is 258 g/mol. The number of carbonyl (C=O) groups excluding carboxylic acids is 1. The fraction of sp³-hybridized carbons (Fsp3) is 0.214. The van der Waals surface area contributed by atoms with Crippen molar-refractivity contribution < 1.29 is 14.3 Å². The minimum Gasteiger partial charge on any atom is -0.485 e. The molecule has 0 saturated heterocycles. The summed E-state index contributed by atoms with van der Waals surface area (Å²) in [6, 6.07) is 7.06. The van der Waals surface area contributed by atoms with Gasteiger partial charge in [-0.3, -0.25) is 9.97 Å². The van der Waals surface area contributed by atoms with Gasteiger partial charge in [-0.2, -0.15) is 0 Å². The SMILES string of the molecule is COC(=O)c1ccc(COc2cccnc2C)nc1. The fourth-order valence-corrected chi connectivity index (χ4v) is 1.52. The van der Waals surface area contributed by atoms with Crippen LogP contribution < -0.4 is 4.74 Å². The van der Waals surface area contributed by atoms with Crippen molar-refractivity contribution >= 4 is 5.97 Å². The van der Waals surface area contributed by atoms with Crippen LogP contribution in [0, 0.1) is 6.92 Å². The van der Waals surface area contributed by atoms with Gasteiger partial charge in [-0.25, -0.2) is 4.79 Å². The molecule has 0 unspecified atom stereocenters. The molecule has 2 rings (SSSR count). The standard InChI is InChI=1S/C14H14N2O3/c1-10-13(4-3-7-15-10)19-9-12-6-5-11(8-16-12)14(17)18-2/h3-8H,9H2,1-2H3. The van der Waals surface area contributed by atoms with Gasteiger partial charge >= 0.3 is 5.97 Å². The number of methoxy groups -OCH3 is 1. The summed E-state index contributed by atoms with van der Waals surface area (Å²) in [4.78, 5) is 19.5. The zero-order valence-electron chi connectivity index (χ0n) is 10.8. The van der Waals surface area contributed by atoms with Crippen LogP contribution >= 0.6 is 0 Å². The lowest BCUT2D eigenvalue weighted by molar-refractivity contribution is 0.0600. The van der Waals surface area contributed by atoms with E-state index in [0.29, 0.717) is 12.2 Å². The molecular weight excluding hydrogens is 244 g/mol. The summed E-state index contributed by atoms with van der Waals surface area (Å²) in [7, 11) is 1.34. The average molecular weight is 258 g/mol. The molecule has 0 aliphatic rings. The van der Waals surface area contributed by atoms with Crippen LogP contribution in [0.4, 0.5) is 0 Å². The van der Waals surface area contributed by atoms with E-state index in [0.717, 1.165) is 17.1 Å². The molecule has 0 fully saturated rings. The van der Waals surface area contributed by atoms with Crippen LogP contribution in [0.25, 0.3) is 0 Å². The van der Waals surface area contributed by atoms with Crippen LogP contribution in [0.3, 0.4) is 0 Å². The predicted molar refractivity (Wildman–Crippen MR) is 68.9 cm³/mol. The zero-order valence-corrected chi connectivity index (χ0v) is 10.8. The Morgan fingerprint density at radius 1 is 1.26 bits per heavy atom. The summed E-state index contributed by atoms with van der Waals surface area (Å²) in [5, 5.41) is 0. The molecule has 2 heterocycles. The van der Waals surface area contributed by atoms with Crippen molar-refractivity contribution in [3.8, 4) is 5.75 Å². The van der Waals surface area contributed by atoms with E-state index in [1.807, 2.05) is 19.1 Å². The highest BCUT2D eigenvalue weighted by Crippen LogP contribution is 2.15. The Bertz CT molecular complexity index is 567. The third kappa shape index (κ3) is 3.28. The largest absolute Gasteiger partial charge is 0.485 e. The summed E-state index contributed by atoms with van der Waals surface area (Å²) in [5.41, 5.74) is 1.98. The Hall–Kier alpha value is -2.43. The first-order chi connectivity index (χ1) is 9.20. The number of aromatic nitrogens is 2. The normalized spacial score (nSPS) is 10.0. The number of ether oxygens (including phenoxy) is 2. The third-order valence-electron chi connectivity index (χ3n) is 2.58. The lowest BCUT2D eigenvalue weighted by Crippen LogP contribution is -2.04. The van der Waals surface area contributed by atoms with Crippen LogP contribution in [-0.2, 0) is 11.3 Å². The fourth-order valence-electron chi connectivity index (χ4n) is 1.52. The molecule has 2 aromatic rings. The molecule has 5 nitrogen and oxygen atoms in total.